The van der Waals surface area contributed by atoms with E-state index in [0.717, 1.165) is 36.8 Å². The number of nitrogens with zero attached hydrogens (tertiary/aromatic N) is 3. The molecule has 6 atom stereocenters. The molecular formula is C42H55N3O10. The molecule has 2 aromatic rings. The van der Waals surface area contributed by atoms with Gasteiger partial charge in [0.05, 0.1) is 23.2 Å². The van der Waals surface area contributed by atoms with E-state index in [1.807, 2.05) is 39.0 Å². The van der Waals surface area contributed by atoms with Gasteiger partial charge in [0.2, 0.25) is 5.79 Å². The number of likely N-dealkylation sites (N-methyl/N-ethyl adjacent to an activating group) is 1. The molecule has 0 bridgehead atoms. The summed E-state index contributed by atoms with van der Waals surface area (Å²) >= 11 is 0. The van der Waals surface area contributed by atoms with Crippen molar-refractivity contribution in [2.45, 2.75) is 89.1 Å². The Bertz CT molecular complexity index is 1740. The molecule has 13 nitrogen and oxygen atoms in total. The maximum Gasteiger partial charge on any atom is 0.415 e. The number of fused-ring (bicyclic) bond motifs is 2. The molecule has 0 spiro atoms. The molecular weight excluding hydrogens is 706 g/mol. The summed E-state index contributed by atoms with van der Waals surface area (Å²) in [5.74, 6) is -0.684. The molecule has 0 radical (unpaired) electrons. The molecule has 55 heavy (non-hydrogen) atoms. The van der Waals surface area contributed by atoms with Gasteiger partial charge in [-0.05, 0) is 94.2 Å². The predicted octanol–water partition coefficient (Wildman–Crippen LogP) is 7.72. The molecule has 3 aliphatic rings. The van der Waals surface area contributed by atoms with Gasteiger partial charge in [0, 0.05) is 50.3 Å². The second-order valence-corrected chi connectivity index (χ2v) is 15.3. The minimum atomic E-state index is -1.46. The molecule has 1 fully saturated rings. The topological polar surface area (TPSA) is 162 Å². The Kier molecular flexibility index (Phi) is 13.8. The quantitative estimate of drug-likeness (QED) is 0.0666. The number of allylic oxidation sites excluding steroid dienone is 1. The number of benzene rings is 2. The summed E-state index contributed by atoms with van der Waals surface area (Å²) in [6.07, 6.45) is 9.59. The summed E-state index contributed by atoms with van der Waals surface area (Å²) in [6.45, 7) is 14.1. The molecule has 1 heterocycles. The first-order chi connectivity index (χ1) is 26.4. The SMILES string of the molecule is C=CCOc1ccc2c(c1)C1C(CCCCO)C(CCCCO)C=C3C(=NOC(C)(C)C)CC(N(C)C(=O)Oc4ccc([N+](=O)[O-])cc4)C(OCC=C)(O2)C31. The van der Waals surface area contributed by atoms with E-state index in [1.165, 1.54) is 29.2 Å². The third kappa shape index (κ3) is 9.40. The van der Waals surface area contributed by atoms with E-state index in [4.69, 9.17) is 28.9 Å². The van der Waals surface area contributed by atoms with E-state index in [9.17, 15) is 25.1 Å². The Labute approximate surface area is 323 Å². The molecule has 298 valence electrons. The number of oxime groups is 1. The van der Waals surface area contributed by atoms with Gasteiger partial charge in [-0.3, -0.25) is 10.1 Å². The van der Waals surface area contributed by atoms with Crippen LogP contribution in [0.1, 0.15) is 77.2 Å². The van der Waals surface area contributed by atoms with Crippen LogP contribution in [0.4, 0.5) is 10.5 Å². The predicted molar refractivity (Wildman–Crippen MR) is 208 cm³/mol. The summed E-state index contributed by atoms with van der Waals surface area (Å²) in [7, 11) is 1.62. The molecule has 1 aliphatic heterocycles. The zero-order valence-electron chi connectivity index (χ0n) is 32.4. The van der Waals surface area contributed by atoms with Crippen molar-refractivity contribution in [1.82, 2.24) is 4.90 Å². The Balaban J connectivity index is 1.72. The molecule has 6 unspecified atom stereocenters. The fourth-order valence-corrected chi connectivity index (χ4v) is 8.10. The molecule has 0 aromatic heterocycles. The Hall–Kier alpha value is -4.72. The number of aliphatic hydroxyl groups excluding tert-OH is 2. The van der Waals surface area contributed by atoms with Crippen LogP contribution in [0.5, 0.6) is 17.2 Å². The first-order valence-corrected chi connectivity index (χ1v) is 19.1. The lowest BCUT2D eigenvalue weighted by Crippen LogP contribution is -2.69. The highest BCUT2D eigenvalue weighted by molar-refractivity contribution is 6.03. The van der Waals surface area contributed by atoms with Gasteiger partial charge in [0.15, 0.2) is 0 Å². The fraction of sp³-hybridized carbons (Fsp3) is 0.524. The normalized spacial score (nSPS) is 24.7. The van der Waals surface area contributed by atoms with Crippen molar-refractivity contribution in [1.29, 1.82) is 0 Å². The average molecular weight is 762 g/mol. The van der Waals surface area contributed by atoms with Crippen LogP contribution in [0.15, 0.2) is 84.6 Å². The van der Waals surface area contributed by atoms with Crippen LogP contribution in [0.3, 0.4) is 0 Å². The number of ether oxygens (including phenoxy) is 4. The van der Waals surface area contributed by atoms with Crippen molar-refractivity contribution in [3.8, 4) is 17.2 Å². The lowest BCUT2D eigenvalue weighted by atomic mass is 9.55. The third-order valence-electron chi connectivity index (χ3n) is 10.5. The number of rotatable bonds is 18. The number of aliphatic hydroxyl groups is 2. The van der Waals surface area contributed by atoms with Crippen LogP contribution in [0.25, 0.3) is 0 Å². The van der Waals surface area contributed by atoms with Crippen LogP contribution in [0, 0.1) is 27.9 Å². The lowest BCUT2D eigenvalue weighted by molar-refractivity contribution is -0.384. The zero-order valence-corrected chi connectivity index (χ0v) is 32.4. The van der Waals surface area contributed by atoms with E-state index in [1.54, 1.807) is 19.2 Å². The summed E-state index contributed by atoms with van der Waals surface area (Å²) in [6, 6.07) is 10.2. The van der Waals surface area contributed by atoms with Gasteiger partial charge in [-0.2, -0.15) is 0 Å². The zero-order chi connectivity index (χ0) is 39.8. The summed E-state index contributed by atoms with van der Waals surface area (Å²) < 4.78 is 25.8. The van der Waals surface area contributed by atoms with Gasteiger partial charge in [0.1, 0.15) is 35.5 Å². The molecule has 2 aromatic carbocycles. The number of carbonyl (C=O) groups is 1. The van der Waals surface area contributed by atoms with Crippen LogP contribution in [-0.2, 0) is 9.57 Å². The highest BCUT2D eigenvalue weighted by Gasteiger charge is 2.65. The number of hydrogen-bond donors (Lipinski definition) is 2. The summed E-state index contributed by atoms with van der Waals surface area (Å²) in [5, 5.41) is 35.6. The van der Waals surface area contributed by atoms with Gasteiger partial charge in [0.25, 0.3) is 5.69 Å². The molecule has 2 aliphatic carbocycles. The molecule has 5 rings (SSSR count). The van der Waals surface area contributed by atoms with Crippen LogP contribution in [-0.4, -0.2) is 82.7 Å². The number of amides is 1. The van der Waals surface area contributed by atoms with Gasteiger partial charge < -0.3 is 38.9 Å². The Morgan fingerprint density at radius 3 is 2.35 bits per heavy atom. The largest absolute Gasteiger partial charge is 0.490 e. The van der Waals surface area contributed by atoms with E-state index < -0.39 is 34.4 Å². The number of unbranched alkanes of at least 4 members (excludes halogenated alkanes) is 2. The van der Waals surface area contributed by atoms with E-state index in [2.05, 4.69) is 19.2 Å². The van der Waals surface area contributed by atoms with E-state index >= 15 is 0 Å². The highest BCUT2D eigenvalue weighted by atomic mass is 16.7. The molecule has 1 amide bonds. The first-order valence-electron chi connectivity index (χ1n) is 19.1. The number of non-ortho nitro benzene ring substituents is 1. The third-order valence-corrected chi connectivity index (χ3v) is 10.5. The van der Waals surface area contributed by atoms with Crippen molar-refractivity contribution in [2.75, 3.05) is 33.5 Å². The van der Waals surface area contributed by atoms with Crippen molar-refractivity contribution < 1.29 is 43.7 Å². The Morgan fingerprint density at radius 2 is 1.71 bits per heavy atom. The van der Waals surface area contributed by atoms with Gasteiger partial charge in [-0.25, -0.2) is 4.79 Å². The highest BCUT2D eigenvalue weighted by Crippen LogP contribution is 2.61. The maximum absolute atomic E-state index is 14.1. The van der Waals surface area contributed by atoms with Crippen LogP contribution in [0.2, 0.25) is 0 Å². The average Bonchev–Trinajstić information content (AvgIpc) is 3.16. The van der Waals surface area contributed by atoms with Crippen molar-refractivity contribution in [3.63, 3.8) is 0 Å². The van der Waals surface area contributed by atoms with Gasteiger partial charge >= 0.3 is 6.09 Å². The van der Waals surface area contributed by atoms with Gasteiger partial charge in [-0.1, -0.05) is 42.8 Å². The first kappa shape index (κ1) is 41.4. The monoisotopic (exact) mass is 761 g/mol. The number of nitro benzene ring substituents is 1. The smallest absolute Gasteiger partial charge is 0.415 e. The van der Waals surface area contributed by atoms with Crippen LogP contribution >= 0.6 is 0 Å². The number of hydrogen-bond acceptors (Lipinski definition) is 11. The molecule has 0 saturated heterocycles. The lowest BCUT2D eigenvalue weighted by Gasteiger charge is -2.59. The maximum atomic E-state index is 14.1. The van der Waals surface area contributed by atoms with Crippen molar-refractivity contribution in [3.05, 3.63) is 95.1 Å². The van der Waals surface area contributed by atoms with Gasteiger partial charge in [-0.15, -0.1) is 6.58 Å². The summed E-state index contributed by atoms with van der Waals surface area (Å²) in [4.78, 5) is 32.4. The standard InChI is InChI=1S/C42H55N3O10/c1-7-23-51-31-19-20-36-34(26-31)38-32(14-10-12-22-47)28(13-9-11-21-46)25-33-35(43-55-41(3,4)5)27-37(42(54-36,39(33)38)52-24-8-2)44(6)40(48)53-30-17-15-29(16-18-30)45(49)50/h7-8,15-20,25-26,28,32,37-39,46-47H,1-2,9-14,21-24,27H2,3-6H3. The molecule has 1 saturated carbocycles. The minimum absolute atomic E-state index is 0.0453. The second-order valence-electron chi connectivity index (χ2n) is 15.3. The van der Waals surface area contributed by atoms with Crippen molar-refractivity contribution >= 4 is 17.5 Å². The van der Waals surface area contributed by atoms with E-state index in [0.29, 0.717) is 36.7 Å². The second kappa shape index (κ2) is 18.3. The Morgan fingerprint density at radius 1 is 1.04 bits per heavy atom. The molecule has 2 N–H and O–H groups in total. The fourth-order valence-electron chi connectivity index (χ4n) is 8.10. The summed E-state index contributed by atoms with van der Waals surface area (Å²) in [5.41, 5.74) is 1.74. The van der Waals surface area contributed by atoms with E-state index in [-0.39, 0.29) is 55.4 Å². The van der Waals surface area contributed by atoms with Crippen molar-refractivity contribution in [2.24, 2.45) is 22.9 Å². The minimum Gasteiger partial charge on any atom is -0.490 e. The molecule has 13 heteroatoms. The van der Waals surface area contributed by atoms with Crippen LogP contribution < -0.4 is 14.2 Å². The number of carbonyl (C=O) groups excluding carboxylic acids is 1. The number of nitro groups is 1.